The van der Waals surface area contributed by atoms with E-state index in [0.29, 0.717) is 6.54 Å². The second-order valence-electron chi connectivity index (χ2n) is 6.52. The van der Waals surface area contributed by atoms with Crippen LogP contribution in [0.2, 0.25) is 0 Å². The van der Waals surface area contributed by atoms with Crippen LogP contribution in [0.4, 0.5) is 0 Å². The lowest BCUT2D eigenvalue weighted by Gasteiger charge is -2.28. The van der Waals surface area contributed by atoms with Crippen molar-refractivity contribution in [2.24, 2.45) is 0 Å². The summed E-state index contributed by atoms with van der Waals surface area (Å²) in [6, 6.07) is 18.3. The zero-order valence-corrected chi connectivity index (χ0v) is 15.2. The van der Waals surface area contributed by atoms with Gasteiger partial charge in [0.05, 0.1) is 13.2 Å². The lowest BCUT2D eigenvalue weighted by Crippen LogP contribution is -2.36. The van der Waals surface area contributed by atoms with Crippen LogP contribution in [0.25, 0.3) is 6.08 Å². The van der Waals surface area contributed by atoms with Gasteiger partial charge in [0.1, 0.15) is 5.75 Å². The van der Waals surface area contributed by atoms with E-state index < -0.39 is 0 Å². The number of hydrogen-bond donors (Lipinski definition) is 1. The van der Waals surface area contributed by atoms with Crippen molar-refractivity contribution in [2.75, 3.05) is 26.7 Å². The fraction of sp³-hybridized carbons (Fsp3) is 0.318. The summed E-state index contributed by atoms with van der Waals surface area (Å²) in [5.74, 6) is 0.707. The number of hydrogen-bond acceptors (Lipinski definition) is 3. The van der Waals surface area contributed by atoms with Gasteiger partial charge in [-0.05, 0) is 55.3 Å². The summed E-state index contributed by atoms with van der Waals surface area (Å²) in [4.78, 5) is 14.7. The first-order chi connectivity index (χ1) is 12.8. The number of ether oxygens (including phenoxy) is 1. The number of likely N-dealkylation sites (tertiary alicyclic amines) is 1. The number of benzene rings is 2. The molecular formula is C22H26N2O2. The van der Waals surface area contributed by atoms with Crippen LogP contribution < -0.4 is 10.1 Å². The molecule has 0 aliphatic carbocycles. The number of carbonyl (C=O) groups excluding carboxylic acids is 1. The standard InChI is InChI=1S/C22H26N2O2/c1-26-20-11-7-8-18(16-20)12-13-22(25)23-17-21(24-14-5-6-15-24)19-9-3-2-4-10-19/h2-4,7-13,16,21H,5-6,14-15,17H2,1H3,(H,23,25)/b13-12+. The molecule has 0 bridgehead atoms. The van der Waals surface area contributed by atoms with E-state index >= 15 is 0 Å². The molecule has 1 aliphatic rings. The summed E-state index contributed by atoms with van der Waals surface area (Å²) < 4.78 is 5.21. The summed E-state index contributed by atoms with van der Waals surface area (Å²) in [6.45, 7) is 2.80. The van der Waals surface area contributed by atoms with E-state index in [9.17, 15) is 4.79 Å². The third-order valence-corrected chi connectivity index (χ3v) is 4.76. The molecule has 1 aliphatic heterocycles. The molecular weight excluding hydrogens is 324 g/mol. The molecule has 0 aromatic heterocycles. The Kier molecular flexibility index (Phi) is 6.45. The molecule has 1 saturated heterocycles. The van der Waals surface area contributed by atoms with Gasteiger partial charge in [0.2, 0.25) is 5.91 Å². The summed E-state index contributed by atoms with van der Waals surface area (Å²) in [7, 11) is 1.64. The molecule has 0 saturated carbocycles. The molecule has 1 unspecified atom stereocenters. The van der Waals surface area contributed by atoms with E-state index in [1.165, 1.54) is 18.4 Å². The van der Waals surface area contributed by atoms with Crippen LogP contribution in [0.5, 0.6) is 5.75 Å². The molecule has 1 fully saturated rings. The number of nitrogens with zero attached hydrogens (tertiary/aromatic N) is 1. The number of rotatable bonds is 7. The molecule has 3 rings (SSSR count). The minimum Gasteiger partial charge on any atom is -0.497 e. The van der Waals surface area contributed by atoms with E-state index in [2.05, 4.69) is 34.5 Å². The minimum atomic E-state index is -0.0760. The van der Waals surface area contributed by atoms with Crippen molar-refractivity contribution in [3.63, 3.8) is 0 Å². The van der Waals surface area contributed by atoms with Gasteiger partial charge in [-0.2, -0.15) is 0 Å². The zero-order chi connectivity index (χ0) is 18.2. The van der Waals surface area contributed by atoms with Crippen LogP contribution in [0.3, 0.4) is 0 Å². The first-order valence-electron chi connectivity index (χ1n) is 9.15. The second kappa shape index (κ2) is 9.20. The van der Waals surface area contributed by atoms with Crippen molar-refractivity contribution in [1.29, 1.82) is 0 Å². The Morgan fingerprint density at radius 2 is 1.92 bits per heavy atom. The molecule has 4 heteroatoms. The van der Waals surface area contributed by atoms with Crippen LogP contribution in [-0.2, 0) is 4.79 Å². The third kappa shape index (κ3) is 4.96. The Labute approximate surface area is 155 Å². The summed E-state index contributed by atoms with van der Waals surface area (Å²) >= 11 is 0. The maximum atomic E-state index is 12.3. The van der Waals surface area contributed by atoms with Crippen LogP contribution in [-0.4, -0.2) is 37.6 Å². The van der Waals surface area contributed by atoms with Gasteiger partial charge in [-0.25, -0.2) is 0 Å². The van der Waals surface area contributed by atoms with Crippen LogP contribution >= 0.6 is 0 Å². The van der Waals surface area contributed by atoms with Crippen molar-refractivity contribution < 1.29 is 9.53 Å². The number of nitrogens with one attached hydrogen (secondary N) is 1. The normalized spacial score (nSPS) is 15.9. The molecule has 1 amide bonds. The van der Waals surface area contributed by atoms with Gasteiger partial charge in [-0.3, -0.25) is 9.69 Å². The lowest BCUT2D eigenvalue weighted by molar-refractivity contribution is -0.116. The predicted molar refractivity (Wildman–Crippen MR) is 105 cm³/mol. The van der Waals surface area contributed by atoms with Gasteiger partial charge in [0.25, 0.3) is 0 Å². The van der Waals surface area contributed by atoms with Crippen LogP contribution in [0, 0.1) is 0 Å². The number of methoxy groups -OCH3 is 1. The highest BCUT2D eigenvalue weighted by atomic mass is 16.5. The quantitative estimate of drug-likeness (QED) is 0.775. The second-order valence-corrected chi connectivity index (χ2v) is 6.52. The average molecular weight is 350 g/mol. The molecule has 2 aromatic carbocycles. The Morgan fingerprint density at radius 3 is 2.65 bits per heavy atom. The first-order valence-corrected chi connectivity index (χ1v) is 9.15. The molecule has 136 valence electrons. The Morgan fingerprint density at radius 1 is 1.15 bits per heavy atom. The van der Waals surface area contributed by atoms with Gasteiger partial charge >= 0.3 is 0 Å². The average Bonchev–Trinajstić information content (AvgIpc) is 3.22. The fourth-order valence-electron chi connectivity index (χ4n) is 3.36. The maximum Gasteiger partial charge on any atom is 0.244 e. The summed E-state index contributed by atoms with van der Waals surface area (Å²) in [5, 5.41) is 3.06. The van der Waals surface area contributed by atoms with E-state index in [0.717, 1.165) is 24.4 Å². The largest absolute Gasteiger partial charge is 0.497 e. The maximum absolute atomic E-state index is 12.3. The van der Waals surface area contributed by atoms with Crippen molar-refractivity contribution in [3.05, 3.63) is 71.8 Å². The third-order valence-electron chi connectivity index (χ3n) is 4.76. The molecule has 1 atom stereocenters. The first kappa shape index (κ1) is 18.2. The van der Waals surface area contributed by atoms with E-state index in [-0.39, 0.29) is 11.9 Å². The van der Waals surface area contributed by atoms with Crippen molar-refractivity contribution in [3.8, 4) is 5.75 Å². The SMILES string of the molecule is COc1cccc(/C=C/C(=O)NCC(c2ccccc2)N2CCCC2)c1. The Balaban J connectivity index is 1.61. The molecule has 26 heavy (non-hydrogen) atoms. The Bertz CT molecular complexity index is 737. The molecule has 2 aromatic rings. The van der Waals surface area contributed by atoms with Crippen LogP contribution in [0.1, 0.15) is 30.0 Å². The van der Waals surface area contributed by atoms with Crippen molar-refractivity contribution in [2.45, 2.75) is 18.9 Å². The number of carbonyl (C=O) groups is 1. The zero-order valence-electron chi connectivity index (χ0n) is 15.2. The molecule has 1 N–H and O–H groups in total. The van der Waals surface area contributed by atoms with E-state index in [4.69, 9.17) is 4.74 Å². The monoisotopic (exact) mass is 350 g/mol. The highest BCUT2D eigenvalue weighted by molar-refractivity contribution is 5.91. The Hall–Kier alpha value is -2.59. The van der Waals surface area contributed by atoms with Gasteiger partial charge in [-0.15, -0.1) is 0 Å². The van der Waals surface area contributed by atoms with E-state index in [1.54, 1.807) is 13.2 Å². The molecule has 0 spiro atoms. The van der Waals surface area contributed by atoms with Gasteiger partial charge in [0.15, 0.2) is 0 Å². The molecule has 1 heterocycles. The highest BCUT2D eigenvalue weighted by Gasteiger charge is 2.23. The van der Waals surface area contributed by atoms with Gasteiger partial charge in [-0.1, -0.05) is 42.5 Å². The lowest BCUT2D eigenvalue weighted by atomic mass is 10.1. The van der Waals surface area contributed by atoms with Crippen LogP contribution in [0.15, 0.2) is 60.7 Å². The molecule has 4 nitrogen and oxygen atoms in total. The van der Waals surface area contributed by atoms with Crippen molar-refractivity contribution in [1.82, 2.24) is 10.2 Å². The van der Waals surface area contributed by atoms with E-state index in [1.807, 2.05) is 36.4 Å². The fourth-order valence-corrected chi connectivity index (χ4v) is 3.36. The summed E-state index contributed by atoms with van der Waals surface area (Å²) in [6.07, 6.45) is 5.85. The van der Waals surface area contributed by atoms with Crippen molar-refractivity contribution >= 4 is 12.0 Å². The smallest absolute Gasteiger partial charge is 0.244 e. The topological polar surface area (TPSA) is 41.6 Å². The minimum absolute atomic E-state index is 0.0760. The highest BCUT2D eigenvalue weighted by Crippen LogP contribution is 2.24. The summed E-state index contributed by atoms with van der Waals surface area (Å²) in [5.41, 5.74) is 2.20. The molecule has 0 radical (unpaired) electrons. The number of amides is 1. The predicted octanol–water partition coefficient (Wildman–Crippen LogP) is 3.66. The van der Waals surface area contributed by atoms with Gasteiger partial charge in [0, 0.05) is 12.6 Å². The van der Waals surface area contributed by atoms with Gasteiger partial charge < -0.3 is 10.1 Å².